The molecule has 1 aromatic rings. The molecule has 1 saturated carbocycles. The third-order valence-corrected chi connectivity index (χ3v) is 3.89. The molecule has 0 radical (unpaired) electrons. The van der Waals surface area contributed by atoms with E-state index in [-0.39, 0.29) is 5.92 Å². The number of likely N-dealkylation sites (N-methyl/N-ethyl adjacent to an activating group) is 1. The molecule has 8 heteroatoms. The summed E-state index contributed by atoms with van der Waals surface area (Å²) in [6, 6.07) is 5.67. The monoisotopic (exact) mass is 346 g/mol. The molecule has 0 heterocycles. The fourth-order valence-electron chi connectivity index (χ4n) is 2.54. The molecule has 0 aromatic heterocycles. The normalized spacial score (nSPS) is 19.8. The number of carbonyl (C=O) groups is 2. The highest BCUT2D eigenvalue weighted by Gasteiger charge is 2.47. The number of hydrogen-bond donors (Lipinski definition) is 0. The fraction of sp³-hybridized carbons (Fsp3) is 0.500. The highest BCUT2D eigenvalue weighted by Crippen LogP contribution is 2.48. The van der Waals surface area contributed by atoms with Crippen LogP contribution in [0.3, 0.4) is 0 Å². The Bertz CT molecular complexity index is 631. The number of hydrogen-bond acceptors (Lipinski definition) is 2. The van der Waals surface area contributed by atoms with Crippen LogP contribution in [0.4, 0.5) is 17.6 Å². The summed E-state index contributed by atoms with van der Waals surface area (Å²) in [7, 11) is 2.82. The predicted octanol–water partition coefficient (Wildman–Crippen LogP) is 2.41. The molecule has 2 unspecified atom stereocenters. The predicted molar refractivity (Wildman–Crippen MR) is 78.6 cm³/mol. The van der Waals surface area contributed by atoms with Gasteiger partial charge in [0.05, 0.1) is 0 Å². The molecule has 0 N–H and O–H groups in total. The number of carbonyl (C=O) groups excluding carboxylic acids is 2. The third-order valence-electron chi connectivity index (χ3n) is 3.89. The molecule has 2 rings (SSSR count). The van der Waals surface area contributed by atoms with Gasteiger partial charge in [0, 0.05) is 20.0 Å². The van der Waals surface area contributed by atoms with Crippen molar-refractivity contribution in [2.24, 2.45) is 5.92 Å². The summed E-state index contributed by atoms with van der Waals surface area (Å²) in [5.74, 6) is -2.73. The molecule has 2 atom stereocenters. The van der Waals surface area contributed by atoms with Gasteiger partial charge in [-0.2, -0.15) is 13.2 Å². The van der Waals surface area contributed by atoms with E-state index in [0.717, 1.165) is 4.90 Å². The van der Waals surface area contributed by atoms with Crippen LogP contribution in [0.5, 0.6) is 0 Å². The Hall–Kier alpha value is -2.12. The lowest BCUT2D eigenvalue weighted by atomic mass is 10.1. The van der Waals surface area contributed by atoms with Crippen LogP contribution in [0.25, 0.3) is 0 Å². The molecule has 24 heavy (non-hydrogen) atoms. The first-order valence-corrected chi connectivity index (χ1v) is 7.39. The van der Waals surface area contributed by atoms with E-state index in [2.05, 4.69) is 0 Å². The van der Waals surface area contributed by atoms with Gasteiger partial charge >= 0.3 is 6.18 Å². The second-order valence-electron chi connectivity index (χ2n) is 6.10. The van der Waals surface area contributed by atoms with Crippen molar-refractivity contribution in [2.75, 3.05) is 27.2 Å². The van der Waals surface area contributed by atoms with E-state index < -0.39 is 42.8 Å². The average Bonchev–Trinajstić information content (AvgIpc) is 3.24. The van der Waals surface area contributed by atoms with Crippen molar-refractivity contribution in [3.05, 3.63) is 35.6 Å². The van der Waals surface area contributed by atoms with Gasteiger partial charge in [-0.25, -0.2) is 4.39 Å². The zero-order valence-corrected chi connectivity index (χ0v) is 13.3. The Morgan fingerprint density at radius 2 is 1.92 bits per heavy atom. The molecule has 0 saturated heterocycles. The molecular weight excluding hydrogens is 328 g/mol. The van der Waals surface area contributed by atoms with Crippen LogP contribution >= 0.6 is 0 Å². The average molecular weight is 346 g/mol. The number of nitrogens with zero attached hydrogens (tertiary/aromatic N) is 2. The Kier molecular flexibility index (Phi) is 5.15. The lowest BCUT2D eigenvalue weighted by molar-refractivity contribution is -0.164. The van der Waals surface area contributed by atoms with E-state index in [1.807, 2.05) is 0 Å². The molecule has 2 amide bonds. The summed E-state index contributed by atoms with van der Waals surface area (Å²) in [6.07, 6.45) is -4.24. The summed E-state index contributed by atoms with van der Waals surface area (Å²) in [5, 5.41) is 0. The second kappa shape index (κ2) is 6.78. The molecule has 0 aliphatic heterocycles. The maximum Gasteiger partial charge on any atom is 0.406 e. The molecule has 1 aliphatic rings. The number of halogens is 4. The van der Waals surface area contributed by atoms with E-state index in [1.165, 1.54) is 32.3 Å². The van der Waals surface area contributed by atoms with E-state index in [1.54, 1.807) is 6.07 Å². The van der Waals surface area contributed by atoms with E-state index >= 15 is 0 Å². The minimum absolute atomic E-state index is 0.307. The van der Waals surface area contributed by atoms with Crippen molar-refractivity contribution in [3.8, 4) is 0 Å². The Labute approximate surface area is 137 Å². The minimum Gasteiger partial charge on any atom is -0.347 e. The van der Waals surface area contributed by atoms with Crippen molar-refractivity contribution in [3.63, 3.8) is 0 Å². The van der Waals surface area contributed by atoms with E-state index in [0.29, 0.717) is 16.9 Å². The Balaban J connectivity index is 2.09. The summed E-state index contributed by atoms with van der Waals surface area (Å²) in [4.78, 5) is 25.7. The standard InChI is InChI=1S/C16H18F4N2O2/c1-21(2)14(23)8-22(9-16(18,19)20)15(24)13-7-12(13)10-4-3-5-11(17)6-10/h3-6,12-13H,7-9H2,1-2H3. The van der Waals surface area contributed by atoms with Crippen molar-refractivity contribution in [2.45, 2.75) is 18.5 Å². The zero-order valence-electron chi connectivity index (χ0n) is 13.3. The van der Waals surface area contributed by atoms with Crippen LogP contribution in [0.15, 0.2) is 24.3 Å². The van der Waals surface area contributed by atoms with Gasteiger partial charge < -0.3 is 9.80 Å². The first-order valence-electron chi connectivity index (χ1n) is 7.39. The van der Waals surface area contributed by atoms with Gasteiger partial charge in [-0.1, -0.05) is 12.1 Å². The topological polar surface area (TPSA) is 40.6 Å². The largest absolute Gasteiger partial charge is 0.406 e. The first-order chi connectivity index (χ1) is 11.1. The molecule has 0 bridgehead atoms. The minimum atomic E-state index is -4.59. The first kappa shape index (κ1) is 18.2. The van der Waals surface area contributed by atoms with Gasteiger partial charge in [-0.3, -0.25) is 9.59 Å². The molecule has 1 aliphatic carbocycles. The van der Waals surface area contributed by atoms with Gasteiger partial charge in [0.25, 0.3) is 0 Å². The molecule has 132 valence electrons. The van der Waals surface area contributed by atoms with E-state index in [4.69, 9.17) is 0 Å². The fourth-order valence-corrected chi connectivity index (χ4v) is 2.54. The van der Waals surface area contributed by atoms with Crippen LogP contribution in [0.1, 0.15) is 17.9 Å². The number of amides is 2. The molecule has 1 aromatic carbocycles. The maximum atomic E-state index is 13.2. The summed E-state index contributed by atoms with van der Waals surface area (Å²) in [5.41, 5.74) is 0.583. The van der Waals surface area contributed by atoms with Crippen LogP contribution in [-0.2, 0) is 9.59 Å². The van der Waals surface area contributed by atoms with Crippen molar-refractivity contribution >= 4 is 11.8 Å². The van der Waals surface area contributed by atoms with Crippen molar-refractivity contribution < 1.29 is 27.2 Å². The summed E-state index contributed by atoms with van der Waals surface area (Å²) >= 11 is 0. The number of benzene rings is 1. The van der Waals surface area contributed by atoms with Crippen molar-refractivity contribution in [1.29, 1.82) is 0 Å². The van der Waals surface area contributed by atoms with Crippen LogP contribution in [0, 0.1) is 11.7 Å². The van der Waals surface area contributed by atoms with Gasteiger partial charge in [0.1, 0.15) is 18.9 Å². The van der Waals surface area contributed by atoms with Crippen LogP contribution < -0.4 is 0 Å². The van der Waals surface area contributed by atoms with Gasteiger partial charge in [-0.15, -0.1) is 0 Å². The molecule has 0 spiro atoms. The number of alkyl halides is 3. The van der Waals surface area contributed by atoms with Gasteiger partial charge in [-0.05, 0) is 30.0 Å². The maximum absolute atomic E-state index is 13.2. The van der Waals surface area contributed by atoms with Crippen LogP contribution in [0.2, 0.25) is 0 Å². The smallest absolute Gasteiger partial charge is 0.347 e. The van der Waals surface area contributed by atoms with E-state index in [9.17, 15) is 27.2 Å². The zero-order chi connectivity index (χ0) is 18.1. The highest BCUT2D eigenvalue weighted by molar-refractivity contribution is 5.88. The van der Waals surface area contributed by atoms with Crippen LogP contribution in [-0.4, -0.2) is 55.0 Å². The summed E-state index contributed by atoms with van der Waals surface area (Å²) < 4.78 is 51.3. The summed E-state index contributed by atoms with van der Waals surface area (Å²) in [6.45, 7) is -2.10. The molecule has 1 fully saturated rings. The lowest BCUT2D eigenvalue weighted by Gasteiger charge is -2.25. The van der Waals surface area contributed by atoms with Crippen molar-refractivity contribution in [1.82, 2.24) is 9.80 Å². The SMILES string of the molecule is CN(C)C(=O)CN(CC(F)(F)F)C(=O)C1CC1c1cccc(F)c1. The van der Waals surface area contributed by atoms with Gasteiger partial charge in [0.15, 0.2) is 0 Å². The second-order valence-corrected chi connectivity index (χ2v) is 6.10. The molecular formula is C16H18F4N2O2. The Morgan fingerprint density at radius 1 is 1.25 bits per heavy atom. The highest BCUT2D eigenvalue weighted by atomic mass is 19.4. The Morgan fingerprint density at radius 3 is 2.46 bits per heavy atom. The van der Waals surface area contributed by atoms with Gasteiger partial charge in [0.2, 0.25) is 11.8 Å². The third kappa shape index (κ3) is 4.69. The molecule has 4 nitrogen and oxygen atoms in total. The quantitative estimate of drug-likeness (QED) is 0.769. The lowest BCUT2D eigenvalue weighted by Crippen LogP contribution is -2.45. The number of rotatable bonds is 5.